The lowest BCUT2D eigenvalue weighted by atomic mass is 10.1. The molecular formula is C21H22Cl2N4O. The molecule has 0 saturated heterocycles. The zero-order valence-corrected chi connectivity index (χ0v) is 17.5. The average molecular weight is 417 g/mol. The van der Waals surface area contributed by atoms with Gasteiger partial charge >= 0.3 is 0 Å². The van der Waals surface area contributed by atoms with Crippen molar-refractivity contribution in [2.24, 2.45) is 0 Å². The van der Waals surface area contributed by atoms with E-state index in [1.54, 1.807) is 12.1 Å². The molecule has 0 aliphatic carbocycles. The Hall–Kier alpha value is -2.34. The molecule has 2 aromatic carbocycles. The van der Waals surface area contributed by atoms with Crippen LogP contribution in [0.5, 0.6) is 0 Å². The van der Waals surface area contributed by atoms with Crippen molar-refractivity contribution in [1.29, 1.82) is 0 Å². The smallest absolute Gasteiger partial charge is 0.238 e. The van der Waals surface area contributed by atoms with Crippen LogP contribution in [0, 0.1) is 13.8 Å². The summed E-state index contributed by atoms with van der Waals surface area (Å²) in [5.74, 6) is -0.134. The first kappa shape index (κ1) is 20.4. The first-order valence-electron chi connectivity index (χ1n) is 8.96. The maximum Gasteiger partial charge on any atom is 0.238 e. The van der Waals surface area contributed by atoms with Crippen LogP contribution in [-0.4, -0.2) is 22.2 Å². The topological polar surface area (TPSA) is 59.0 Å². The number of rotatable bonds is 6. The highest BCUT2D eigenvalue weighted by Gasteiger charge is 2.16. The van der Waals surface area contributed by atoms with Crippen molar-refractivity contribution in [2.45, 2.75) is 26.8 Å². The Morgan fingerprint density at radius 3 is 2.50 bits per heavy atom. The number of nitrogens with one attached hydrogen (secondary N) is 2. The number of hydrogen-bond acceptors (Lipinski definition) is 3. The van der Waals surface area contributed by atoms with Crippen LogP contribution in [0.4, 0.5) is 5.69 Å². The second kappa shape index (κ2) is 8.78. The molecule has 0 fully saturated rings. The molecule has 0 unspecified atom stereocenters. The maximum atomic E-state index is 12.5. The van der Waals surface area contributed by atoms with Crippen molar-refractivity contribution in [1.82, 2.24) is 15.1 Å². The predicted molar refractivity (Wildman–Crippen MR) is 115 cm³/mol. The Morgan fingerprint density at radius 2 is 1.82 bits per heavy atom. The largest absolute Gasteiger partial charge is 0.322 e. The molecule has 28 heavy (non-hydrogen) atoms. The highest BCUT2D eigenvalue weighted by molar-refractivity contribution is 6.42. The fourth-order valence-electron chi connectivity index (χ4n) is 2.97. The summed E-state index contributed by atoms with van der Waals surface area (Å²) in [6, 6.07) is 15.2. The number of amides is 1. The van der Waals surface area contributed by atoms with Crippen LogP contribution in [-0.2, 0) is 4.79 Å². The number of anilines is 1. The molecular weight excluding hydrogens is 395 g/mol. The van der Waals surface area contributed by atoms with E-state index < -0.39 is 0 Å². The third-order valence-corrected chi connectivity index (χ3v) is 5.31. The number of nitrogens with zero attached hydrogens (tertiary/aromatic N) is 2. The van der Waals surface area contributed by atoms with Gasteiger partial charge in [0.2, 0.25) is 5.91 Å². The molecule has 1 atom stereocenters. The van der Waals surface area contributed by atoms with Crippen molar-refractivity contribution < 1.29 is 4.79 Å². The molecule has 3 rings (SSSR count). The third kappa shape index (κ3) is 4.55. The van der Waals surface area contributed by atoms with Crippen LogP contribution in [0.15, 0.2) is 48.5 Å². The van der Waals surface area contributed by atoms with E-state index in [4.69, 9.17) is 23.2 Å². The van der Waals surface area contributed by atoms with Gasteiger partial charge in [-0.3, -0.25) is 4.79 Å². The van der Waals surface area contributed by atoms with Crippen LogP contribution in [0.2, 0.25) is 10.0 Å². The van der Waals surface area contributed by atoms with Gasteiger partial charge in [-0.05, 0) is 50.6 Å². The number of carbonyl (C=O) groups excluding carboxylic acids is 1. The quantitative estimate of drug-likeness (QED) is 0.588. The van der Waals surface area contributed by atoms with E-state index in [2.05, 4.69) is 15.7 Å². The van der Waals surface area contributed by atoms with Gasteiger partial charge in [0.15, 0.2) is 0 Å². The molecule has 5 nitrogen and oxygen atoms in total. The standard InChI is InChI=1S/C21H22Cl2N4O/c1-13(16-9-10-18(22)19(23)11-16)24-12-20(28)25-21-14(2)26-27(15(21)3)17-7-5-4-6-8-17/h4-11,13,24H,12H2,1-3H3,(H,25,28)/t13-/m1/s1. The number of hydrogen-bond donors (Lipinski definition) is 2. The number of aromatic nitrogens is 2. The minimum absolute atomic E-state index is 0.0465. The lowest BCUT2D eigenvalue weighted by molar-refractivity contribution is -0.115. The van der Waals surface area contributed by atoms with Gasteiger partial charge in [0.25, 0.3) is 0 Å². The summed E-state index contributed by atoms with van der Waals surface area (Å²) in [4.78, 5) is 12.5. The van der Waals surface area contributed by atoms with Crippen LogP contribution < -0.4 is 10.6 Å². The van der Waals surface area contributed by atoms with Gasteiger partial charge in [0, 0.05) is 6.04 Å². The van der Waals surface area contributed by atoms with E-state index in [0.717, 1.165) is 28.3 Å². The van der Waals surface area contributed by atoms with Crippen molar-refractivity contribution in [3.05, 3.63) is 75.5 Å². The lowest BCUT2D eigenvalue weighted by Gasteiger charge is -2.15. The molecule has 0 aliphatic rings. The summed E-state index contributed by atoms with van der Waals surface area (Å²) in [5, 5.41) is 11.7. The third-order valence-electron chi connectivity index (χ3n) is 4.57. The summed E-state index contributed by atoms with van der Waals surface area (Å²) in [6.07, 6.45) is 0. The minimum atomic E-state index is -0.134. The Kier molecular flexibility index (Phi) is 6.39. The first-order chi connectivity index (χ1) is 13.4. The SMILES string of the molecule is Cc1nn(-c2ccccc2)c(C)c1NC(=O)CN[C@H](C)c1ccc(Cl)c(Cl)c1. The summed E-state index contributed by atoms with van der Waals surface area (Å²) in [6.45, 7) is 5.95. The number of carbonyl (C=O) groups is 1. The molecule has 1 heterocycles. The van der Waals surface area contributed by atoms with Gasteiger partial charge in [-0.15, -0.1) is 0 Å². The van der Waals surface area contributed by atoms with E-state index in [1.165, 1.54) is 0 Å². The number of aryl methyl sites for hydroxylation is 1. The Labute approximate surface area is 174 Å². The highest BCUT2D eigenvalue weighted by Crippen LogP contribution is 2.26. The van der Waals surface area contributed by atoms with E-state index in [-0.39, 0.29) is 18.5 Å². The molecule has 0 aliphatic heterocycles. The fraction of sp³-hybridized carbons (Fsp3) is 0.238. The average Bonchev–Trinajstić information content (AvgIpc) is 2.97. The van der Waals surface area contributed by atoms with Gasteiger partial charge in [-0.25, -0.2) is 4.68 Å². The van der Waals surface area contributed by atoms with E-state index in [0.29, 0.717) is 10.0 Å². The first-order valence-corrected chi connectivity index (χ1v) is 9.72. The summed E-state index contributed by atoms with van der Waals surface area (Å²) >= 11 is 12.0. The number of halogens is 2. The fourth-order valence-corrected chi connectivity index (χ4v) is 3.28. The van der Waals surface area contributed by atoms with Gasteiger partial charge in [-0.2, -0.15) is 5.10 Å². The molecule has 1 amide bonds. The molecule has 0 saturated carbocycles. The number of para-hydroxylation sites is 1. The van der Waals surface area contributed by atoms with Crippen molar-refractivity contribution >= 4 is 34.8 Å². The maximum absolute atomic E-state index is 12.5. The van der Waals surface area contributed by atoms with Crippen LogP contribution in [0.3, 0.4) is 0 Å². The molecule has 2 N–H and O–H groups in total. The Bertz CT molecular complexity index is 986. The monoisotopic (exact) mass is 416 g/mol. The molecule has 3 aromatic rings. The minimum Gasteiger partial charge on any atom is -0.322 e. The van der Waals surface area contributed by atoms with Gasteiger partial charge < -0.3 is 10.6 Å². The van der Waals surface area contributed by atoms with E-state index >= 15 is 0 Å². The second-order valence-corrected chi connectivity index (χ2v) is 7.43. The summed E-state index contributed by atoms with van der Waals surface area (Å²) < 4.78 is 1.83. The Balaban J connectivity index is 1.65. The van der Waals surface area contributed by atoms with Gasteiger partial charge in [0.1, 0.15) is 0 Å². The van der Waals surface area contributed by atoms with Crippen LogP contribution in [0.1, 0.15) is 29.9 Å². The highest BCUT2D eigenvalue weighted by atomic mass is 35.5. The van der Waals surface area contributed by atoms with E-state index in [9.17, 15) is 4.79 Å². The van der Waals surface area contributed by atoms with Crippen molar-refractivity contribution in [3.63, 3.8) is 0 Å². The zero-order chi connectivity index (χ0) is 20.3. The predicted octanol–water partition coefficient (Wildman–Crippen LogP) is 5.09. The molecule has 146 valence electrons. The van der Waals surface area contributed by atoms with Crippen molar-refractivity contribution in [2.75, 3.05) is 11.9 Å². The van der Waals surface area contributed by atoms with E-state index in [1.807, 2.05) is 61.9 Å². The second-order valence-electron chi connectivity index (χ2n) is 6.62. The van der Waals surface area contributed by atoms with Crippen molar-refractivity contribution in [3.8, 4) is 5.69 Å². The summed E-state index contributed by atoms with van der Waals surface area (Å²) in [5.41, 5.74) is 4.31. The van der Waals surface area contributed by atoms with Crippen LogP contribution >= 0.6 is 23.2 Å². The normalized spacial score (nSPS) is 12.0. The van der Waals surface area contributed by atoms with Gasteiger partial charge in [0.05, 0.1) is 39.4 Å². The van der Waals surface area contributed by atoms with Gasteiger partial charge in [-0.1, -0.05) is 47.5 Å². The Morgan fingerprint density at radius 1 is 1.11 bits per heavy atom. The molecule has 0 spiro atoms. The zero-order valence-electron chi connectivity index (χ0n) is 16.0. The molecule has 1 aromatic heterocycles. The number of benzene rings is 2. The summed E-state index contributed by atoms with van der Waals surface area (Å²) in [7, 11) is 0. The molecule has 0 bridgehead atoms. The lowest BCUT2D eigenvalue weighted by Crippen LogP contribution is -2.30. The molecule has 0 radical (unpaired) electrons. The molecule has 7 heteroatoms. The van der Waals surface area contributed by atoms with Crippen LogP contribution in [0.25, 0.3) is 5.69 Å².